The van der Waals surface area contributed by atoms with Crippen LogP contribution in [0.1, 0.15) is 47.0 Å². The number of rotatable bonds is 4. The van der Waals surface area contributed by atoms with Crippen molar-refractivity contribution in [3.63, 3.8) is 0 Å². The largest absolute Gasteiger partial charge is 0.374 e. The summed E-state index contributed by atoms with van der Waals surface area (Å²) in [5.41, 5.74) is 1.04. The van der Waals surface area contributed by atoms with Crippen LogP contribution in [0.4, 0.5) is 11.4 Å². The van der Waals surface area contributed by atoms with E-state index in [-0.39, 0.29) is 23.3 Å². The molecule has 1 atom stereocenters. The van der Waals surface area contributed by atoms with Gasteiger partial charge in [-0.3, -0.25) is 19.3 Å². The van der Waals surface area contributed by atoms with Gasteiger partial charge in [0.15, 0.2) is 0 Å². The Bertz CT molecular complexity index is 616. The Hall–Kier alpha value is -2.37. The minimum Gasteiger partial charge on any atom is -0.374 e. The van der Waals surface area contributed by atoms with Crippen molar-refractivity contribution >= 4 is 29.1 Å². The number of piperidine rings is 1. The monoisotopic (exact) mass is 331 g/mol. The van der Waals surface area contributed by atoms with Gasteiger partial charge in [-0.05, 0) is 58.4 Å². The zero-order chi connectivity index (χ0) is 17.9. The average molecular weight is 331 g/mol. The van der Waals surface area contributed by atoms with Gasteiger partial charge in [0.25, 0.3) is 0 Å². The first-order valence-electron chi connectivity index (χ1n) is 8.22. The standard InChI is InChI=1S/C18H25N3O3/c1-12(17(24)20-18(2,3)4)19-13-8-10-14(11-9-13)21-15(22)6-5-7-16(21)23/h8-12,19H,5-7H2,1-4H3,(H,20,24)/t12-/m1/s1. The lowest BCUT2D eigenvalue weighted by molar-refractivity contribution is -0.129. The molecule has 0 radical (unpaired) electrons. The highest BCUT2D eigenvalue weighted by molar-refractivity contribution is 6.16. The molecule has 0 saturated carbocycles. The Morgan fingerprint density at radius 2 is 1.62 bits per heavy atom. The van der Waals surface area contributed by atoms with E-state index in [1.165, 1.54) is 4.90 Å². The maximum absolute atomic E-state index is 12.1. The maximum atomic E-state index is 12.1. The SMILES string of the molecule is C[C@@H](Nc1ccc(N2C(=O)CCCC2=O)cc1)C(=O)NC(C)(C)C. The number of benzene rings is 1. The van der Waals surface area contributed by atoms with E-state index in [9.17, 15) is 14.4 Å². The smallest absolute Gasteiger partial charge is 0.242 e. The maximum Gasteiger partial charge on any atom is 0.242 e. The number of amides is 3. The molecule has 6 nitrogen and oxygen atoms in total. The number of nitrogens with one attached hydrogen (secondary N) is 2. The molecule has 1 aromatic rings. The molecule has 1 aromatic carbocycles. The van der Waals surface area contributed by atoms with E-state index < -0.39 is 6.04 Å². The summed E-state index contributed by atoms with van der Waals surface area (Å²) in [5, 5.41) is 6.03. The van der Waals surface area contributed by atoms with Gasteiger partial charge >= 0.3 is 0 Å². The van der Waals surface area contributed by atoms with Crippen molar-refractivity contribution in [2.75, 3.05) is 10.2 Å². The molecule has 24 heavy (non-hydrogen) atoms. The minimum atomic E-state index is -0.395. The highest BCUT2D eigenvalue weighted by atomic mass is 16.2. The number of carbonyl (C=O) groups is 3. The molecule has 1 saturated heterocycles. The second-order valence-corrected chi connectivity index (χ2v) is 7.13. The second kappa shape index (κ2) is 7.03. The molecule has 2 N–H and O–H groups in total. The van der Waals surface area contributed by atoms with E-state index >= 15 is 0 Å². The molecule has 0 spiro atoms. The van der Waals surface area contributed by atoms with Crippen LogP contribution in [0.15, 0.2) is 24.3 Å². The van der Waals surface area contributed by atoms with Crippen LogP contribution in [-0.4, -0.2) is 29.3 Å². The van der Waals surface area contributed by atoms with Crippen molar-refractivity contribution in [3.05, 3.63) is 24.3 Å². The van der Waals surface area contributed by atoms with Gasteiger partial charge in [-0.15, -0.1) is 0 Å². The fraction of sp³-hybridized carbons (Fsp3) is 0.500. The Balaban J connectivity index is 2.03. The third-order valence-corrected chi connectivity index (χ3v) is 3.68. The third kappa shape index (κ3) is 4.57. The normalized spacial score (nSPS) is 16.8. The predicted octanol–water partition coefficient (Wildman–Crippen LogP) is 2.45. The summed E-state index contributed by atoms with van der Waals surface area (Å²) < 4.78 is 0. The first-order valence-corrected chi connectivity index (χ1v) is 8.22. The van der Waals surface area contributed by atoms with Gasteiger partial charge < -0.3 is 10.6 Å². The van der Waals surface area contributed by atoms with Crippen LogP contribution in [0.3, 0.4) is 0 Å². The summed E-state index contributed by atoms with van der Waals surface area (Å²) in [6, 6.07) is 6.58. The number of nitrogens with zero attached hydrogens (tertiary/aromatic N) is 1. The Morgan fingerprint density at radius 1 is 1.08 bits per heavy atom. The number of hydrogen-bond donors (Lipinski definition) is 2. The summed E-state index contributed by atoms with van der Waals surface area (Å²) in [4.78, 5) is 37.2. The first kappa shape index (κ1) is 18.0. The van der Waals surface area contributed by atoms with Crippen LogP contribution in [-0.2, 0) is 14.4 Å². The fourth-order valence-electron chi connectivity index (χ4n) is 2.54. The molecular weight excluding hydrogens is 306 g/mol. The van der Waals surface area contributed by atoms with Crippen LogP contribution < -0.4 is 15.5 Å². The van der Waals surface area contributed by atoms with Crippen LogP contribution in [0.5, 0.6) is 0 Å². The second-order valence-electron chi connectivity index (χ2n) is 7.13. The number of anilines is 2. The predicted molar refractivity (Wildman–Crippen MR) is 93.8 cm³/mol. The first-order chi connectivity index (χ1) is 11.2. The average Bonchev–Trinajstić information content (AvgIpc) is 2.47. The van der Waals surface area contributed by atoms with Crippen molar-refractivity contribution in [2.24, 2.45) is 0 Å². The zero-order valence-corrected chi connectivity index (χ0v) is 14.7. The Morgan fingerprint density at radius 3 is 2.12 bits per heavy atom. The van der Waals surface area contributed by atoms with E-state index in [2.05, 4.69) is 10.6 Å². The fourth-order valence-corrected chi connectivity index (χ4v) is 2.54. The molecule has 1 aliphatic rings. The molecule has 6 heteroatoms. The van der Waals surface area contributed by atoms with Gasteiger partial charge in [-0.25, -0.2) is 0 Å². The van der Waals surface area contributed by atoms with Crippen molar-refractivity contribution in [2.45, 2.75) is 58.5 Å². The Labute approximate surface area is 142 Å². The van der Waals surface area contributed by atoms with Crippen LogP contribution >= 0.6 is 0 Å². The van der Waals surface area contributed by atoms with Crippen LogP contribution in [0, 0.1) is 0 Å². The summed E-state index contributed by atoms with van der Waals surface area (Å²) >= 11 is 0. The van der Waals surface area contributed by atoms with Gasteiger partial charge in [0, 0.05) is 24.1 Å². The molecule has 1 fully saturated rings. The highest BCUT2D eigenvalue weighted by Gasteiger charge is 2.27. The van der Waals surface area contributed by atoms with E-state index in [0.717, 1.165) is 5.69 Å². The summed E-state index contributed by atoms with van der Waals surface area (Å²) in [5.74, 6) is -0.414. The van der Waals surface area contributed by atoms with Crippen LogP contribution in [0.2, 0.25) is 0 Å². The van der Waals surface area contributed by atoms with Gasteiger partial charge in [-0.1, -0.05) is 0 Å². The van der Waals surface area contributed by atoms with Gasteiger partial charge in [0.05, 0.1) is 5.69 Å². The summed E-state index contributed by atoms with van der Waals surface area (Å²) in [6.45, 7) is 7.57. The van der Waals surface area contributed by atoms with E-state index in [0.29, 0.717) is 24.9 Å². The molecule has 0 aliphatic carbocycles. The topological polar surface area (TPSA) is 78.5 Å². The minimum absolute atomic E-state index is 0.0898. The Kier molecular flexibility index (Phi) is 5.26. The quantitative estimate of drug-likeness (QED) is 0.831. The van der Waals surface area contributed by atoms with E-state index in [1.807, 2.05) is 20.8 Å². The van der Waals surface area contributed by atoms with Crippen molar-refractivity contribution in [1.29, 1.82) is 0 Å². The number of imide groups is 1. The molecule has 0 unspecified atom stereocenters. The molecule has 1 heterocycles. The van der Waals surface area contributed by atoms with Gasteiger partial charge in [-0.2, -0.15) is 0 Å². The zero-order valence-electron chi connectivity index (χ0n) is 14.7. The third-order valence-electron chi connectivity index (χ3n) is 3.68. The number of hydrogen-bond acceptors (Lipinski definition) is 4. The van der Waals surface area contributed by atoms with Crippen molar-refractivity contribution < 1.29 is 14.4 Å². The van der Waals surface area contributed by atoms with E-state index in [1.54, 1.807) is 31.2 Å². The van der Waals surface area contributed by atoms with E-state index in [4.69, 9.17) is 0 Å². The highest BCUT2D eigenvalue weighted by Crippen LogP contribution is 2.23. The molecule has 1 aliphatic heterocycles. The van der Waals surface area contributed by atoms with Gasteiger partial charge in [0.2, 0.25) is 17.7 Å². The lowest BCUT2D eigenvalue weighted by atomic mass is 10.1. The molecular formula is C18H25N3O3. The molecule has 2 rings (SSSR count). The van der Waals surface area contributed by atoms with Crippen molar-refractivity contribution in [1.82, 2.24) is 5.32 Å². The summed E-state index contributed by atoms with van der Waals surface area (Å²) in [7, 11) is 0. The molecule has 0 aromatic heterocycles. The lowest BCUT2D eigenvalue weighted by Gasteiger charge is -2.26. The summed E-state index contributed by atoms with van der Waals surface area (Å²) in [6.07, 6.45) is 1.42. The molecule has 0 bridgehead atoms. The molecule has 3 amide bonds. The van der Waals surface area contributed by atoms with Crippen LogP contribution in [0.25, 0.3) is 0 Å². The number of carbonyl (C=O) groups excluding carboxylic acids is 3. The lowest BCUT2D eigenvalue weighted by Crippen LogP contribution is -2.47. The van der Waals surface area contributed by atoms with Gasteiger partial charge in [0.1, 0.15) is 6.04 Å². The molecule has 130 valence electrons. The van der Waals surface area contributed by atoms with Crippen molar-refractivity contribution in [3.8, 4) is 0 Å².